The van der Waals surface area contributed by atoms with E-state index in [0.717, 1.165) is 24.1 Å². The van der Waals surface area contributed by atoms with Crippen LogP contribution in [0.15, 0.2) is 64.1 Å². The number of benzene rings is 2. The molecule has 1 aromatic heterocycles. The van der Waals surface area contributed by atoms with E-state index in [1.165, 1.54) is 25.5 Å². The lowest BCUT2D eigenvalue weighted by atomic mass is 10.0. The minimum atomic E-state index is -3.98. The standard InChI is InChI=1S/C21H19ClN2O5S/c1-28-18-7-2-6-16(22)20(18)30(26,27)23-15-9-10-17-14(13-15)5-3-11-24(17)21(25)19-8-4-12-29-19/h2,4,6-10,12-13,23H,3,5,11H2,1H3. The molecule has 3 aromatic rings. The Bertz CT molecular complexity index is 1190. The summed E-state index contributed by atoms with van der Waals surface area (Å²) in [6, 6.07) is 13.0. The molecule has 1 aliphatic rings. The van der Waals surface area contributed by atoms with E-state index in [0.29, 0.717) is 12.2 Å². The Morgan fingerprint density at radius 2 is 2.03 bits per heavy atom. The quantitative estimate of drug-likeness (QED) is 0.629. The van der Waals surface area contributed by atoms with Gasteiger partial charge in [-0.1, -0.05) is 17.7 Å². The highest BCUT2D eigenvalue weighted by Gasteiger charge is 2.27. The summed E-state index contributed by atoms with van der Waals surface area (Å²) in [5.41, 5.74) is 1.98. The van der Waals surface area contributed by atoms with Crippen LogP contribution in [0.4, 0.5) is 11.4 Å². The van der Waals surface area contributed by atoms with Crippen LogP contribution in [0.25, 0.3) is 0 Å². The molecule has 7 nitrogen and oxygen atoms in total. The number of nitrogens with one attached hydrogen (secondary N) is 1. The topological polar surface area (TPSA) is 88.9 Å². The number of furan rings is 1. The Balaban J connectivity index is 1.64. The maximum absolute atomic E-state index is 12.9. The van der Waals surface area contributed by atoms with Crippen molar-refractivity contribution in [1.29, 1.82) is 0 Å². The van der Waals surface area contributed by atoms with E-state index in [1.54, 1.807) is 41.3 Å². The molecule has 0 unspecified atom stereocenters. The second-order valence-corrected chi connectivity index (χ2v) is 8.78. The smallest absolute Gasteiger partial charge is 0.293 e. The van der Waals surface area contributed by atoms with Crippen LogP contribution >= 0.6 is 11.6 Å². The lowest BCUT2D eigenvalue weighted by molar-refractivity contribution is 0.0958. The molecule has 1 amide bonds. The number of hydrogen-bond acceptors (Lipinski definition) is 5. The Hall–Kier alpha value is -2.97. The monoisotopic (exact) mass is 446 g/mol. The molecule has 9 heteroatoms. The molecule has 0 aliphatic carbocycles. The number of methoxy groups -OCH3 is 1. The summed E-state index contributed by atoms with van der Waals surface area (Å²) in [6.07, 6.45) is 2.94. The van der Waals surface area contributed by atoms with Gasteiger partial charge in [-0.05, 0) is 60.9 Å². The van der Waals surface area contributed by atoms with Gasteiger partial charge in [-0.3, -0.25) is 9.52 Å². The van der Waals surface area contributed by atoms with E-state index < -0.39 is 10.0 Å². The van der Waals surface area contributed by atoms with Crippen LogP contribution in [-0.2, 0) is 16.4 Å². The van der Waals surface area contributed by atoms with Crippen LogP contribution in [0.2, 0.25) is 5.02 Å². The Morgan fingerprint density at radius 1 is 1.20 bits per heavy atom. The third kappa shape index (κ3) is 3.76. The van der Waals surface area contributed by atoms with Crippen LogP contribution in [0.3, 0.4) is 0 Å². The summed E-state index contributed by atoms with van der Waals surface area (Å²) >= 11 is 6.12. The number of aryl methyl sites for hydroxylation is 1. The molecule has 1 aliphatic heterocycles. The number of rotatable bonds is 5. The van der Waals surface area contributed by atoms with Crippen molar-refractivity contribution in [2.45, 2.75) is 17.7 Å². The van der Waals surface area contributed by atoms with Gasteiger partial charge < -0.3 is 14.1 Å². The summed E-state index contributed by atoms with van der Waals surface area (Å²) in [6.45, 7) is 0.564. The molecule has 0 atom stereocenters. The van der Waals surface area contributed by atoms with Crippen LogP contribution in [0.5, 0.6) is 5.75 Å². The van der Waals surface area contributed by atoms with E-state index >= 15 is 0 Å². The highest BCUT2D eigenvalue weighted by Crippen LogP contribution is 2.35. The van der Waals surface area contributed by atoms with Gasteiger partial charge in [0.1, 0.15) is 10.6 Å². The lowest BCUT2D eigenvalue weighted by Crippen LogP contribution is -2.35. The molecule has 2 aromatic carbocycles. The predicted molar refractivity (Wildman–Crippen MR) is 114 cm³/mol. The van der Waals surface area contributed by atoms with Crippen molar-refractivity contribution >= 4 is 38.9 Å². The fraction of sp³-hybridized carbons (Fsp3) is 0.190. The van der Waals surface area contributed by atoms with Crippen molar-refractivity contribution in [1.82, 2.24) is 0 Å². The summed E-state index contributed by atoms with van der Waals surface area (Å²) in [4.78, 5) is 14.2. The van der Waals surface area contributed by atoms with Crippen molar-refractivity contribution in [3.63, 3.8) is 0 Å². The van der Waals surface area contributed by atoms with Gasteiger partial charge >= 0.3 is 0 Å². The molecule has 0 bridgehead atoms. The predicted octanol–water partition coefficient (Wildman–Crippen LogP) is 4.34. The number of sulfonamides is 1. The maximum atomic E-state index is 12.9. The maximum Gasteiger partial charge on any atom is 0.293 e. The normalized spacial score (nSPS) is 13.6. The number of carbonyl (C=O) groups excluding carboxylic acids is 1. The van der Waals surface area contributed by atoms with Crippen molar-refractivity contribution in [2.75, 3.05) is 23.3 Å². The van der Waals surface area contributed by atoms with E-state index in [4.69, 9.17) is 20.8 Å². The highest BCUT2D eigenvalue weighted by atomic mass is 35.5. The number of anilines is 2. The molecule has 0 radical (unpaired) electrons. The average molecular weight is 447 g/mol. The first-order chi connectivity index (χ1) is 14.4. The molecular weight excluding hydrogens is 428 g/mol. The fourth-order valence-electron chi connectivity index (χ4n) is 3.52. The number of fused-ring (bicyclic) bond motifs is 1. The third-order valence-corrected chi connectivity index (χ3v) is 6.74. The molecule has 4 rings (SSSR count). The zero-order chi connectivity index (χ0) is 21.3. The van der Waals surface area contributed by atoms with Crippen LogP contribution in [0.1, 0.15) is 22.5 Å². The minimum Gasteiger partial charge on any atom is -0.495 e. The van der Waals surface area contributed by atoms with Gasteiger partial charge in [-0.15, -0.1) is 0 Å². The minimum absolute atomic E-state index is 0.0648. The third-order valence-electron chi connectivity index (χ3n) is 4.85. The summed E-state index contributed by atoms with van der Waals surface area (Å²) in [7, 11) is -2.60. The SMILES string of the molecule is COc1cccc(Cl)c1S(=O)(=O)Nc1ccc2c(c1)CCCN2C(=O)c1ccco1. The van der Waals surface area contributed by atoms with Gasteiger partial charge in [0.05, 0.1) is 18.4 Å². The summed E-state index contributed by atoms with van der Waals surface area (Å²) < 4.78 is 38.8. The Morgan fingerprint density at radius 3 is 2.77 bits per heavy atom. The van der Waals surface area contributed by atoms with Crippen molar-refractivity contribution in [3.05, 3.63) is 71.1 Å². The van der Waals surface area contributed by atoms with Gasteiger partial charge in [0.25, 0.3) is 15.9 Å². The molecule has 2 heterocycles. The van der Waals surface area contributed by atoms with Gasteiger partial charge in [0.15, 0.2) is 5.76 Å². The number of hydrogen-bond donors (Lipinski definition) is 1. The molecule has 0 fully saturated rings. The number of carbonyl (C=O) groups is 1. The van der Waals surface area contributed by atoms with Crippen LogP contribution < -0.4 is 14.4 Å². The molecule has 30 heavy (non-hydrogen) atoms. The second kappa shape index (κ2) is 8.04. The number of ether oxygens (including phenoxy) is 1. The van der Waals surface area contributed by atoms with E-state index in [9.17, 15) is 13.2 Å². The highest BCUT2D eigenvalue weighted by molar-refractivity contribution is 7.93. The number of halogens is 1. The molecule has 1 N–H and O–H groups in total. The zero-order valence-corrected chi connectivity index (χ0v) is 17.7. The number of nitrogens with zero attached hydrogens (tertiary/aromatic N) is 1. The van der Waals surface area contributed by atoms with Gasteiger partial charge in [-0.2, -0.15) is 0 Å². The molecular formula is C21H19ClN2O5S. The van der Waals surface area contributed by atoms with Crippen molar-refractivity contribution in [2.24, 2.45) is 0 Å². The first-order valence-corrected chi connectivity index (χ1v) is 11.1. The first-order valence-electron chi connectivity index (χ1n) is 9.24. The van der Waals surface area contributed by atoms with Crippen molar-refractivity contribution in [3.8, 4) is 5.75 Å². The zero-order valence-electron chi connectivity index (χ0n) is 16.1. The van der Waals surface area contributed by atoms with E-state index in [-0.39, 0.29) is 27.3 Å². The first kappa shape index (κ1) is 20.3. The molecule has 0 saturated heterocycles. The lowest BCUT2D eigenvalue weighted by Gasteiger charge is -2.29. The molecule has 0 saturated carbocycles. The molecule has 0 spiro atoms. The van der Waals surface area contributed by atoms with Crippen molar-refractivity contribution < 1.29 is 22.4 Å². The van der Waals surface area contributed by atoms with Gasteiger partial charge in [0.2, 0.25) is 0 Å². The number of amides is 1. The largest absolute Gasteiger partial charge is 0.495 e. The van der Waals surface area contributed by atoms with Gasteiger partial charge in [-0.25, -0.2) is 8.42 Å². The second-order valence-electron chi connectivity index (χ2n) is 6.76. The van der Waals surface area contributed by atoms with Crippen LogP contribution in [-0.4, -0.2) is 28.0 Å². The summed E-state index contributed by atoms with van der Waals surface area (Å²) in [5, 5.41) is 0.0648. The van der Waals surface area contributed by atoms with Crippen LogP contribution in [0, 0.1) is 0 Å². The molecule has 156 valence electrons. The Kier molecular flexibility index (Phi) is 5.44. The van der Waals surface area contributed by atoms with Gasteiger partial charge in [0, 0.05) is 17.9 Å². The average Bonchev–Trinajstić information content (AvgIpc) is 3.26. The fourth-order valence-corrected chi connectivity index (χ4v) is 5.27. The Labute approximate surface area is 179 Å². The summed E-state index contributed by atoms with van der Waals surface area (Å²) in [5.74, 6) is 0.191. The van der Waals surface area contributed by atoms with E-state index in [2.05, 4.69) is 4.72 Å². The van der Waals surface area contributed by atoms with E-state index in [1.807, 2.05) is 0 Å².